The number of carbonyl (C=O) groups excluding carboxylic acids is 1. The number of anilines is 1. The number of nitrogens with zero attached hydrogens (tertiary/aromatic N) is 2. The van der Waals surface area contributed by atoms with Crippen molar-refractivity contribution in [3.05, 3.63) is 69.7 Å². The monoisotopic (exact) mass is 510 g/mol. The number of carboxylic acids is 1. The number of ether oxygens (including phenoxy) is 1. The van der Waals surface area contributed by atoms with E-state index in [2.05, 4.69) is 21.0 Å². The van der Waals surface area contributed by atoms with E-state index >= 15 is 0 Å². The maximum absolute atomic E-state index is 13.0. The second kappa shape index (κ2) is 9.66. The second-order valence-electron chi connectivity index (χ2n) is 7.00. The van der Waals surface area contributed by atoms with Gasteiger partial charge < -0.3 is 9.84 Å². The molecule has 0 saturated carbocycles. The fourth-order valence-corrected chi connectivity index (χ4v) is 3.45. The summed E-state index contributed by atoms with van der Waals surface area (Å²) in [7, 11) is 1.43. The van der Waals surface area contributed by atoms with Crippen LogP contribution >= 0.6 is 15.9 Å². The Kier molecular flexibility index (Phi) is 7.15. The molecular formula is C22H18BrF3N2O4. The maximum atomic E-state index is 13.0. The molecule has 1 heterocycles. The first-order valence-corrected chi connectivity index (χ1v) is 10.2. The Morgan fingerprint density at radius 1 is 1.19 bits per heavy atom. The lowest BCUT2D eigenvalue weighted by Crippen LogP contribution is -2.29. The van der Waals surface area contributed by atoms with Crippen LogP contribution < -0.4 is 5.01 Å². The molecule has 6 nitrogen and oxygen atoms in total. The third-order valence-electron chi connectivity index (χ3n) is 4.78. The van der Waals surface area contributed by atoms with Crippen molar-refractivity contribution in [3.8, 4) is 0 Å². The molecule has 3 rings (SSSR count). The van der Waals surface area contributed by atoms with Gasteiger partial charge in [-0.2, -0.15) is 18.3 Å². The van der Waals surface area contributed by atoms with Crippen molar-refractivity contribution >= 4 is 45.3 Å². The Hall–Kier alpha value is -2.98. The van der Waals surface area contributed by atoms with Crippen molar-refractivity contribution in [2.45, 2.75) is 12.6 Å². The van der Waals surface area contributed by atoms with E-state index in [-0.39, 0.29) is 24.2 Å². The number of carboxylic acid groups (broad SMARTS) is 1. The minimum absolute atomic E-state index is 0.0244. The average molecular weight is 511 g/mol. The molecule has 0 fully saturated rings. The summed E-state index contributed by atoms with van der Waals surface area (Å²) in [5, 5.41) is 15.2. The van der Waals surface area contributed by atoms with Crippen molar-refractivity contribution in [3.63, 3.8) is 0 Å². The molecule has 1 N–H and O–H groups in total. The fourth-order valence-electron chi connectivity index (χ4n) is 3.18. The summed E-state index contributed by atoms with van der Waals surface area (Å²) in [6, 6.07) is 11.0. The zero-order chi connectivity index (χ0) is 23.5. The highest BCUT2D eigenvalue weighted by molar-refractivity contribution is 9.10. The van der Waals surface area contributed by atoms with Gasteiger partial charge in [0.15, 0.2) is 0 Å². The highest BCUT2D eigenvalue weighted by Gasteiger charge is 2.38. The predicted molar refractivity (Wildman–Crippen MR) is 116 cm³/mol. The van der Waals surface area contributed by atoms with E-state index in [1.807, 2.05) is 0 Å². The van der Waals surface area contributed by atoms with Crippen LogP contribution in [0.1, 0.15) is 17.5 Å². The number of halogens is 4. The molecule has 2 aromatic rings. The Bertz CT molecular complexity index is 1060. The van der Waals surface area contributed by atoms with Crippen molar-refractivity contribution in [1.29, 1.82) is 0 Å². The highest BCUT2D eigenvalue weighted by Crippen LogP contribution is 2.31. The summed E-state index contributed by atoms with van der Waals surface area (Å²) in [5.74, 6) is -2.58. The number of amides is 1. The number of alkyl halides is 3. The van der Waals surface area contributed by atoms with Gasteiger partial charge in [-0.1, -0.05) is 28.1 Å². The molecule has 0 spiro atoms. The Morgan fingerprint density at radius 2 is 1.81 bits per heavy atom. The first-order valence-electron chi connectivity index (χ1n) is 9.37. The van der Waals surface area contributed by atoms with Gasteiger partial charge in [0.1, 0.15) is 0 Å². The van der Waals surface area contributed by atoms with Gasteiger partial charge in [-0.3, -0.25) is 4.79 Å². The lowest BCUT2D eigenvalue weighted by molar-refractivity contribution is -0.137. The quantitative estimate of drug-likeness (QED) is 0.532. The zero-order valence-electron chi connectivity index (χ0n) is 16.8. The molecule has 0 bridgehead atoms. The number of hydrogen-bond acceptors (Lipinski definition) is 4. The highest BCUT2D eigenvalue weighted by atomic mass is 79.9. The van der Waals surface area contributed by atoms with Crippen molar-refractivity contribution in [2.24, 2.45) is 11.0 Å². The van der Waals surface area contributed by atoms with Crippen LogP contribution in [0.4, 0.5) is 18.9 Å². The summed E-state index contributed by atoms with van der Waals surface area (Å²) in [6.07, 6.45) is -3.43. The first kappa shape index (κ1) is 23.7. The smallest absolute Gasteiger partial charge is 0.416 e. The summed E-state index contributed by atoms with van der Waals surface area (Å²) in [4.78, 5) is 24.9. The number of hydrazone groups is 1. The van der Waals surface area contributed by atoms with Crippen molar-refractivity contribution < 1.29 is 32.6 Å². The van der Waals surface area contributed by atoms with E-state index in [0.717, 1.165) is 16.6 Å². The molecule has 10 heteroatoms. The van der Waals surface area contributed by atoms with Gasteiger partial charge in [-0.15, -0.1) is 0 Å². The van der Waals surface area contributed by atoms with Gasteiger partial charge in [0.2, 0.25) is 0 Å². The zero-order valence-corrected chi connectivity index (χ0v) is 18.4. The summed E-state index contributed by atoms with van der Waals surface area (Å²) in [6.45, 7) is 0.0244. The molecule has 0 aromatic heterocycles. The van der Waals surface area contributed by atoms with E-state index in [1.165, 1.54) is 30.3 Å². The van der Waals surface area contributed by atoms with Crippen molar-refractivity contribution in [1.82, 2.24) is 0 Å². The predicted octanol–water partition coefficient (Wildman–Crippen LogP) is 4.99. The van der Waals surface area contributed by atoms with Crippen LogP contribution in [0.15, 0.2) is 63.7 Å². The summed E-state index contributed by atoms with van der Waals surface area (Å²) in [5.41, 5.74) is 0.176. The SMILES string of the molecule is COCC1=NN(c2ccc(Br)cc2)C(=O)C1C/C(=C/c1ccc(C(F)(F)F)cc1)C(=O)O. The number of rotatable bonds is 7. The molecule has 1 aliphatic rings. The van der Waals surface area contributed by atoms with Gasteiger partial charge in [-0.25, -0.2) is 9.80 Å². The van der Waals surface area contributed by atoms with Gasteiger partial charge in [0.05, 0.1) is 29.5 Å². The molecule has 1 atom stereocenters. The minimum atomic E-state index is -4.49. The fraction of sp³-hybridized carbons (Fsp3) is 0.227. The van der Waals surface area contributed by atoms with Crippen LogP contribution in [-0.4, -0.2) is 36.4 Å². The van der Waals surface area contributed by atoms with Gasteiger partial charge in [0.25, 0.3) is 5.91 Å². The van der Waals surface area contributed by atoms with E-state index in [9.17, 15) is 27.9 Å². The van der Waals surface area contributed by atoms with Crippen LogP contribution in [0.3, 0.4) is 0 Å². The normalized spacial score (nSPS) is 17.0. The second-order valence-corrected chi connectivity index (χ2v) is 7.92. The van der Waals surface area contributed by atoms with Gasteiger partial charge >= 0.3 is 12.1 Å². The molecule has 168 valence electrons. The van der Waals surface area contributed by atoms with Gasteiger partial charge in [-0.05, 0) is 54.5 Å². The molecule has 1 unspecified atom stereocenters. The summed E-state index contributed by atoms with van der Waals surface area (Å²) < 4.78 is 44.2. The van der Waals surface area contributed by atoms with E-state index in [0.29, 0.717) is 11.4 Å². The molecule has 0 aliphatic carbocycles. The first-order chi connectivity index (χ1) is 15.1. The maximum Gasteiger partial charge on any atom is 0.416 e. The van der Waals surface area contributed by atoms with Crippen LogP contribution in [-0.2, 0) is 20.5 Å². The molecule has 0 radical (unpaired) electrons. The van der Waals surface area contributed by atoms with Crippen molar-refractivity contribution in [2.75, 3.05) is 18.7 Å². The Labute approximate surface area is 190 Å². The number of benzene rings is 2. The van der Waals surface area contributed by atoms with E-state index < -0.39 is 29.5 Å². The van der Waals surface area contributed by atoms with E-state index in [1.54, 1.807) is 24.3 Å². The molecule has 32 heavy (non-hydrogen) atoms. The van der Waals surface area contributed by atoms with Gasteiger partial charge in [0, 0.05) is 17.2 Å². The molecule has 1 aliphatic heterocycles. The minimum Gasteiger partial charge on any atom is -0.478 e. The molecule has 1 amide bonds. The van der Waals surface area contributed by atoms with Crippen LogP contribution in [0.25, 0.3) is 6.08 Å². The molecular weight excluding hydrogens is 493 g/mol. The lowest BCUT2D eigenvalue weighted by Gasteiger charge is -2.15. The molecule has 0 saturated heterocycles. The van der Waals surface area contributed by atoms with E-state index in [4.69, 9.17) is 4.74 Å². The van der Waals surface area contributed by atoms with Crippen LogP contribution in [0, 0.1) is 5.92 Å². The largest absolute Gasteiger partial charge is 0.478 e. The number of hydrogen-bond donors (Lipinski definition) is 1. The average Bonchev–Trinajstić information content (AvgIpc) is 3.03. The number of carbonyl (C=O) groups is 2. The Morgan fingerprint density at radius 3 is 2.34 bits per heavy atom. The van der Waals surface area contributed by atoms with Crippen LogP contribution in [0.5, 0.6) is 0 Å². The Balaban J connectivity index is 1.88. The molecule has 2 aromatic carbocycles. The third-order valence-corrected chi connectivity index (χ3v) is 5.31. The number of methoxy groups -OCH3 is 1. The number of aliphatic carboxylic acids is 1. The third kappa shape index (κ3) is 5.43. The summed E-state index contributed by atoms with van der Waals surface area (Å²) >= 11 is 3.32. The standard InChI is InChI=1S/C22H18BrF3N2O4/c1-32-12-19-18(20(29)28(27-19)17-8-6-16(23)7-9-17)11-14(21(30)31)10-13-2-4-15(5-3-13)22(24,25)26/h2-10,18H,11-12H2,1H3,(H,30,31)/b14-10-. The lowest BCUT2D eigenvalue weighted by atomic mass is 9.93. The topological polar surface area (TPSA) is 79.2 Å². The van der Waals surface area contributed by atoms with Crippen LogP contribution in [0.2, 0.25) is 0 Å².